The maximum atomic E-state index is 13.6. The first kappa shape index (κ1) is 26.6. The largest absolute Gasteiger partial charge is 0.328 e. The number of anilines is 1. The fourth-order valence-corrected chi connectivity index (χ4v) is 5.34. The number of amides is 2. The van der Waals surface area contributed by atoms with E-state index in [0.717, 1.165) is 11.1 Å². The van der Waals surface area contributed by atoms with Crippen molar-refractivity contribution in [2.24, 2.45) is 11.8 Å². The zero-order valence-corrected chi connectivity index (χ0v) is 23.6. The second-order valence-corrected chi connectivity index (χ2v) is 10.8. The molecular weight excluding hydrogens is 562 g/mol. The molecule has 1 N–H and O–H groups in total. The molecule has 2 amide bonds. The third-order valence-corrected chi connectivity index (χ3v) is 7.70. The van der Waals surface area contributed by atoms with Gasteiger partial charge in [-0.1, -0.05) is 26.0 Å². The van der Waals surface area contributed by atoms with Crippen molar-refractivity contribution in [1.82, 2.24) is 29.6 Å². The van der Waals surface area contributed by atoms with Gasteiger partial charge in [-0.3, -0.25) is 19.1 Å². The highest BCUT2D eigenvalue weighted by atomic mass is 79.9. The summed E-state index contributed by atoms with van der Waals surface area (Å²) in [7, 11) is 0. The summed E-state index contributed by atoms with van der Waals surface area (Å²) in [6.45, 7) is 7.62. The number of halogens is 1. The summed E-state index contributed by atoms with van der Waals surface area (Å²) in [6.07, 6.45) is 3.46. The number of aromatic nitrogens is 5. The van der Waals surface area contributed by atoms with Crippen LogP contribution in [0.15, 0.2) is 53.4 Å². The first-order valence-electron chi connectivity index (χ1n) is 12.7. The molecule has 1 aromatic carbocycles. The Balaban J connectivity index is 1.43. The molecule has 4 heterocycles. The minimum atomic E-state index is -0.657. The van der Waals surface area contributed by atoms with Crippen molar-refractivity contribution in [2.45, 2.75) is 40.3 Å². The zero-order chi connectivity index (χ0) is 27.8. The highest BCUT2D eigenvalue weighted by Crippen LogP contribution is 2.31. The number of rotatable bonds is 6. The lowest BCUT2D eigenvalue weighted by atomic mass is 9.93. The van der Waals surface area contributed by atoms with Crippen molar-refractivity contribution in [3.05, 3.63) is 64.9 Å². The minimum Gasteiger partial charge on any atom is -0.328 e. The predicted octanol–water partition coefficient (Wildman–Crippen LogP) is 4.28. The van der Waals surface area contributed by atoms with Crippen LogP contribution in [0.3, 0.4) is 0 Å². The van der Waals surface area contributed by atoms with Gasteiger partial charge in [0.1, 0.15) is 34.5 Å². The van der Waals surface area contributed by atoms with Crippen molar-refractivity contribution in [2.75, 3.05) is 11.9 Å². The summed E-state index contributed by atoms with van der Waals surface area (Å²) < 4.78 is 2.15. The fraction of sp³-hybridized carbons (Fsp3) is 0.321. The molecule has 3 atom stereocenters. The smallest absolute Gasteiger partial charge is 0.248 e. The van der Waals surface area contributed by atoms with Gasteiger partial charge in [-0.2, -0.15) is 5.10 Å². The minimum absolute atomic E-state index is 0.0532. The molecule has 0 bridgehead atoms. The summed E-state index contributed by atoms with van der Waals surface area (Å²) in [5.74, 6) is 0.415. The molecule has 1 fully saturated rings. The summed E-state index contributed by atoms with van der Waals surface area (Å²) in [6, 6.07) is 10.2. The lowest BCUT2D eigenvalue weighted by Gasteiger charge is -2.26. The molecular formula is C28H28BrN7O3. The van der Waals surface area contributed by atoms with Gasteiger partial charge >= 0.3 is 0 Å². The standard InChI is InChI=1S/C28H28BrN7O3/c1-15-13-35(27(16(15)2)28(39)33-24-7-5-6-23(29)32-24)25(38)14-36-22-9-8-19(20-11-30-18(4)31-12-20)10-21(22)26(34-36)17(3)37/h5-12,15-16,27H,13-14H2,1-4H3,(H,32,33,39)/t15-,16-,27+/m1/s1. The first-order valence-corrected chi connectivity index (χ1v) is 13.4. The van der Waals surface area contributed by atoms with Crippen LogP contribution in [0.5, 0.6) is 0 Å². The van der Waals surface area contributed by atoms with Crippen molar-refractivity contribution >= 4 is 50.2 Å². The van der Waals surface area contributed by atoms with E-state index in [9.17, 15) is 14.4 Å². The molecule has 200 valence electrons. The lowest BCUT2D eigenvalue weighted by Crippen LogP contribution is -2.46. The Hall–Kier alpha value is -3.99. The molecule has 0 radical (unpaired) electrons. The molecule has 0 aliphatic carbocycles. The van der Waals surface area contributed by atoms with E-state index in [4.69, 9.17) is 0 Å². The Morgan fingerprint density at radius 2 is 1.82 bits per heavy atom. The molecule has 0 spiro atoms. The van der Waals surface area contributed by atoms with Crippen LogP contribution in [-0.4, -0.2) is 59.8 Å². The second-order valence-electron chi connectivity index (χ2n) is 9.98. The van der Waals surface area contributed by atoms with E-state index >= 15 is 0 Å². The van der Waals surface area contributed by atoms with Crippen LogP contribution >= 0.6 is 15.9 Å². The van der Waals surface area contributed by atoms with E-state index in [1.165, 1.54) is 6.92 Å². The van der Waals surface area contributed by atoms with Crippen LogP contribution in [-0.2, 0) is 16.1 Å². The van der Waals surface area contributed by atoms with Crippen LogP contribution in [0.4, 0.5) is 5.82 Å². The van der Waals surface area contributed by atoms with Crippen molar-refractivity contribution in [3.8, 4) is 11.1 Å². The summed E-state index contributed by atoms with van der Waals surface area (Å²) in [4.78, 5) is 53.8. The highest BCUT2D eigenvalue weighted by molar-refractivity contribution is 9.10. The molecule has 10 nitrogen and oxygen atoms in total. The second kappa shape index (κ2) is 10.6. The molecule has 1 aliphatic heterocycles. The third kappa shape index (κ3) is 5.31. The number of fused-ring (bicyclic) bond motifs is 1. The Labute approximate surface area is 234 Å². The topological polar surface area (TPSA) is 123 Å². The SMILES string of the molecule is CC(=O)c1nn(CC(=O)N2C[C@@H](C)[C@@H](C)[C@H]2C(=O)Nc2cccc(Br)n2)c2ccc(-c3cnc(C)nc3)cc12. The van der Waals surface area contributed by atoms with Gasteiger partial charge in [0, 0.05) is 36.8 Å². The van der Waals surface area contributed by atoms with Gasteiger partial charge in [0.15, 0.2) is 5.78 Å². The summed E-state index contributed by atoms with van der Waals surface area (Å²) in [5, 5.41) is 8.00. The Morgan fingerprint density at radius 3 is 2.51 bits per heavy atom. The van der Waals surface area contributed by atoms with Crippen molar-refractivity contribution in [3.63, 3.8) is 0 Å². The number of carbonyl (C=O) groups excluding carboxylic acids is 3. The highest BCUT2D eigenvalue weighted by Gasteiger charge is 2.43. The number of aryl methyl sites for hydroxylation is 1. The number of hydrogen-bond acceptors (Lipinski definition) is 7. The first-order chi connectivity index (χ1) is 18.6. The monoisotopic (exact) mass is 589 g/mol. The van der Waals surface area contributed by atoms with E-state index in [2.05, 4.69) is 41.3 Å². The molecule has 4 aromatic rings. The van der Waals surface area contributed by atoms with Gasteiger partial charge < -0.3 is 10.2 Å². The summed E-state index contributed by atoms with van der Waals surface area (Å²) >= 11 is 3.31. The summed E-state index contributed by atoms with van der Waals surface area (Å²) in [5.41, 5.74) is 2.60. The number of benzene rings is 1. The third-order valence-electron chi connectivity index (χ3n) is 7.25. The normalized spacial score (nSPS) is 18.9. The Kier molecular flexibility index (Phi) is 7.26. The maximum absolute atomic E-state index is 13.6. The van der Waals surface area contributed by atoms with Crippen LogP contribution in [0.1, 0.15) is 37.1 Å². The van der Waals surface area contributed by atoms with Crippen LogP contribution < -0.4 is 5.32 Å². The Morgan fingerprint density at radius 1 is 1.08 bits per heavy atom. The number of nitrogens with one attached hydrogen (secondary N) is 1. The molecule has 5 rings (SSSR count). The molecule has 1 saturated heterocycles. The van der Waals surface area contributed by atoms with Crippen molar-refractivity contribution in [1.29, 1.82) is 0 Å². The van der Waals surface area contributed by atoms with Gasteiger partial charge in [0.05, 0.1) is 5.52 Å². The molecule has 11 heteroatoms. The van der Waals surface area contributed by atoms with Crippen molar-refractivity contribution < 1.29 is 14.4 Å². The predicted molar refractivity (Wildman–Crippen MR) is 150 cm³/mol. The number of ketones is 1. The maximum Gasteiger partial charge on any atom is 0.248 e. The average molecular weight is 590 g/mol. The van der Waals surface area contributed by atoms with Gasteiger partial charge in [-0.05, 0) is 64.5 Å². The molecule has 39 heavy (non-hydrogen) atoms. The average Bonchev–Trinajstić information content (AvgIpc) is 3.41. The van der Waals surface area contributed by atoms with Gasteiger partial charge in [0.25, 0.3) is 0 Å². The van der Waals surface area contributed by atoms with Crippen LogP contribution in [0.25, 0.3) is 22.0 Å². The van der Waals surface area contributed by atoms with E-state index < -0.39 is 6.04 Å². The quantitative estimate of drug-likeness (QED) is 0.263. The van der Waals surface area contributed by atoms with Gasteiger partial charge in [-0.25, -0.2) is 15.0 Å². The number of nitrogens with zero attached hydrogens (tertiary/aromatic N) is 6. The molecule has 3 aromatic heterocycles. The molecule has 0 unspecified atom stereocenters. The lowest BCUT2D eigenvalue weighted by molar-refractivity contribution is -0.138. The van der Waals surface area contributed by atoms with E-state index in [0.29, 0.717) is 33.7 Å². The van der Waals surface area contributed by atoms with Crippen LogP contribution in [0.2, 0.25) is 0 Å². The Bertz CT molecular complexity index is 1580. The number of carbonyl (C=O) groups is 3. The molecule has 1 aliphatic rings. The fourth-order valence-electron chi connectivity index (χ4n) is 5.00. The zero-order valence-electron chi connectivity index (χ0n) is 22.1. The van der Waals surface area contributed by atoms with E-state index in [-0.39, 0.29) is 41.7 Å². The van der Waals surface area contributed by atoms with E-state index in [1.807, 2.05) is 39.0 Å². The van der Waals surface area contributed by atoms with Gasteiger partial charge in [0.2, 0.25) is 11.8 Å². The number of Topliss-reactive ketones (excluding diaryl/α,β-unsaturated/α-hetero) is 1. The van der Waals surface area contributed by atoms with E-state index in [1.54, 1.807) is 40.2 Å². The number of pyridine rings is 1. The molecule has 0 saturated carbocycles. The number of likely N-dealkylation sites (tertiary alicyclic amines) is 1. The van der Waals surface area contributed by atoms with Gasteiger partial charge in [-0.15, -0.1) is 0 Å². The number of hydrogen-bond donors (Lipinski definition) is 1. The van der Waals surface area contributed by atoms with Crippen LogP contribution in [0, 0.1) is 18.8 Å².